The van der Waals surface area contributed by atoms with Crippen molar-refractivity contribution in [3.05, 3.63) is 35.6 Å². The standard InChI is InChI=1S/C18H23FN2O2/c19-15-4-2-1-3-13(15)16-12-21(9-10-23-16)17(22)14-11-18(14)5-7-20-8-6-18/h1-4,14,16,20H,5-12H2/t14-,16-/m1/s1. The minimum Gasteiger partial charge on any atom is -0.370 e. The minimum atomic E-state index is -0.350. The van der Waals surface area contributed by atoms with Gasteiger partial charge in [-0.2, -0.15) is 0 Å². The molecule has 0 bridgehead atoms. The number of nitrogens with zero attached hydrogens (tertiary/aromatic N) is 1. The van der Waals surface area contributed by atoms with Gasteiger partial charge >= 0.3 is 0 Å². The van der Waals surface area contributed by atoms with Crippen LogP contribution in [0.1, 0.15) is 30.9 Å². The molecule has 0 unspecified atom stereocenters. The highest BCUT2D eigenvalue weighted by atomic mass is 19.1. The maximum atomic E-state index is 14.0. The zero-order chi connectivity index (χ0) is 15.9. The van der Waals surface area contributed by atoms with Crippen molar-refractivity contribution in [2.75, 3.05) is 32.8 Å². The number of hydrogen-bond acceptors (Lipinski definition) is 3. The molecule has 4 nitrogen and oxygen atoms in total. The van der Waals surface area contributed by atoms with Gasteiger partial charge in [0.05, 0.1) is 13.2 Å². The summed E-state index contributed by atoms with van der Waals surface area (Å²) in [7, 11) is 0. The van der Waals surface area contributed by atoms with Gasteiger partial charge in [0, 0.05) is 18.0 Å². The van der Waals surface area contributed by atoms with E-state index in [-0.39, 0.29) is 29.2 Å². The van der Waals surface area contributed by atoms with E-state index >= 15 is 0 Å². The molecule has 2 heterocycles. The normalized spacial score (nSPS) is 29.5. The Kier molecular flexibility index (Phi) is 3.85. The molecular weight excluding hydrogens is 295 g/mol. The molecular formula is C18H23FN2O2. The average Bonchev–Trinajstić information content (AvgIpc) is 3.28. The van der Waals surface area contributed by atoms with Crippen molar-refractivity contribution >= 4 is 5.91 Å². The first-order valence-corrected chi connectivity index (χ1v) is 8.55. The second-order valence-corrected chi connectivity index (χ2v) is 7.03. The summed E-state index contributed by atoms with van der Waals surface area (Å²) in [5, 5.41) is 3.37. The van der Waals surface area contributed by atoms with Crippen LogP contribution in [0, 0.1) is 17.2 Å². The Morgan fingerprint density at radius 2 is 2.09 bits per heavy atom. The molecule has 2 aliphatic heterocycles. The Bertz CT molecular complexity index is 600. The van der Waals surface area contributed by atoms with Crippen LogP contribution < -0.4 is 5.32 Å². The quantitative estimate of drug-likeness (QED) is 0.908. The van der Waals surface area contributed by atoms with Crippen LogP contribution in [-0.2, 0) is 9.53 Å². The lowest BCUT2D eigenvalue weighted by Crippen LogP contribution is -2.44. The van der Waals surface area contributed by atoms with Crippen molar-refractivity contribution in [3.8, 4) is 0 Å². The molecule has 2 atom stereocenters. The van der Waals surface area contributed by atoms with Crippen LogP contribution in [0.15, 0.2) is 24.3 Å². The van der Waals surface area contributed by atoms with Gasteiger partial charge in [0.25, 0.3) is 0 Å². The summed E-state index contributed by atoms with van der Waals surface area (Å²) in [5.74, 6) is 0.161. The summed E-state index contributed by atoms with van der Waals surface area (Å²) < 4.78 is 19.7. The lowest BCUT2D eigenvalue weighted by Gasteiger charge is -2.34. The molecule has 1 aliphatic carbocycles. The molecule has 1 spiro atoms. The number of carbonyl (C=O) groups is 1. The molecule has 23 heavy (non-hydrogen) atoms. The predicted molar refractivity (Wildman–Crippen MR) is 84.3 cm³/mol. The molecule has 124 valence electrons. The summed E-state index contributed by atoms with van der Waals surface area (Å²) in [6.07, 6.45) is 2.88. The van der Waals surface area contributed by atoms with Crippen molar-refractivity contribution < 1.29 is 13.9 Å². The van der Waals surface area contributed by atoms with Crippen LogP contribution in [0.4, 0.5) is 4.39 Å². The third-order valence-electron chi connectivity index (χ3n) is 5.72. The fourth-order valence-electron chi connectivity index (χ4n) is 4.17. The first-order valence-electron chi connectivity index (χ1n) is 8.55. The number of nitrogens with one attached hydrogen (secondary N) is 1. The van der Waals surface area contributed by atoms with Crippen molar-refractivity contribution in [3.63, 3.8) is 0 Å². The first-order chi connectivity index (χ1) is 11.2. The SMILES string of the molecule is O=C([C@H]1CC12CCNCC2)N1CCO[C@@H](c2ccccc2F)C1. The summed E-state index contributed by atoms with van der Waals surface area (Å²) in [4.78, 5) is 14.7. The largest absolute Gasteiger partial charge is 0.370 e. The van der Waals surface area contributed by atoms with Crippen LogP contribution in [-0.4, -0.2) is 43.6 Å². The van der Waals surface area contributed by atoms with Gasteiger partial charge in [0.15, 0.2) is 0 Å². The van der Waals surface area contributed by atoms with E-state index in [1.165, 1.54) is 6.07 Å². The molecule has 4 rings (SSSR count). The Morgan fingerprint density at radius 3 is 2.87 bits per heavy atom. The second kappa shape index (κ2) is 5.87. The van der Waals surface area contributed by atoms with Crippen LogP contribution in [0.5, 0.6) is 0 Å². The first kappa shape index (κ1) is 15.1. The van der Waals surface area contributed by atoms with Crippen LogP contribution >= 0.6 is 0 Å². The maximum Gasteiger partial charge on any atom is 0.226 e. The smallest absolute Gasteiger partial charge is 0.226 e. The summed E-state index contributed by atoms with van der Waals surface area (Å²) >= 11 is 0. The number of hydrogen-bond donors (Lipinski definition) is 1. The van der Waals surface area contributed by atoms with Crippen molar-refractivity contribution in [2.24, 2.45) is 11.3 Å². The second-order valence-electron chi connectivity index (χ2n) is 7.03. The number of benzene rings is 1. The van der Waals surface area contributed by atoms with E-state index in [4.69, 9.17) is 4.74 Å². The number of carbonyl (C=O) groups excluding carboxylic acids is 1. The van der Waals surface area contributed by atoms with Crippen LogP contribution in [0.2, 0.25) is 0 Å². The summed E-state index contributed by atoms with van der Waals surface area (Å²) in [6.45, 7) is 3.60. The fraction of sp³-hybridized carbons (Fsp3) is 0.611. The van der Waals surface area contributed by atoms with Gasteiger partial charge in [-0.3, -0.25) is 4.79 Å². The number of rotatable bonds is 2. The van der Waals surface area contributed by atoms with E-state index in [0.717, 1.165) is 32.4 Å². The molecule has 3 fully saturated rings. The van der Waals surface area contributed by atoms with Crippen molar-refractivity contribution in [2.45, 2.75) is 25.4 Å². The lowest BCUT2D eigenvalue weighted by molar-refractivity contribution is -0.141. The maximum absolute atomic E-state index is 14.0. The van der Waals surface area contributed by atoms with Gasteiger partial charge in [0.2, 0.25) is 5.91 Å². The summed E-state index contributed by atoms with van der Waals surface area (Å²) in [5.41, 5.74) is 0.797. The molecule has 3 aliphatic rings. The number of halogens is 1. The Morgan fingerprint density at radius 1 is 1.30 bits per heavy atom. The fourth-order valence-corrected chi connectivity index (χ4v) is 4.17. The topological polar surface area (TPSA) is 41.6 Å². The number of ether oxygens (including phenoxy) is 1. The van der Waals surface area contributed by atoms with E-state index in [1.807, 2.05) is 11.0 Å². The molecule has 0 radical (unpaired) electrons. The Hall–Kier alpha value is -1.46. The van der Waals surface area contributed by atoms with E-state index in [9.17, 15) is 9.18 Å². The number of piperidine rings is 1. The van der Waals surface area contributed by atoms with E-state index < -0.39 is 0 Å². The molecule has 1 saturated carbocycles. The molecule has 2 saturated heterocycles. The molecule has 1 amide bonds. The van der Waals surface area contributed by atoms with Crippen molar-refractivity contribution in [1.29, 1.82) is 0 Å². The molecule has 1 aromatic rings. The van der Waals surface area contributed by atoms with Gasteiger partial charge in [-0.1, -0.05) is 18.2 Å². The zero-order valence-corrected chi connectivity index (χ0v) is 13.3. The summed E-state index contributed by atoms with van der Waals surface area (Å²) in [6, 6.07) is 6.69. The van der Waals surface area contributed by atoms with Crippen LogP contribution in [0.3, 0.4) is 0 Å². The predicted octanol–water partition coefficient (Wildman–Crippen LogP) is 2.12. The van der Waals surface area contributed by atoms with Gasteiger partial charge in [-0.25, -0.2) is 4.39 Å². The number of morpholine rings is 1. The lowest BCUT2D eigenvalue weighted by atomic mass is 9.91. The highest BCUT2D eigenvalue weighted by molar-refractivity contribution is 5.83. The molecule has 1 aromatic carbocycles. The van der Waals surface area contributed by atoms with Gasteiger partial charge < -0.3 is 15.0 Å². The number of amides is 1. The molecule has 5 heteroatoms. The van der Waals surface area contributed by atoms with Gasteiger partial charge in [0.1, 0.15) is 11.9 Å². The third kappa shape index (κ3) is 2.76. The van der Waals surface area contributed by atoms with E-state index in [2.05, 4.69) is 5.32 Å². The van der Waals surface area contributed by atoms with Gasteiger partial charge in [-0.05, 0) is 43.8 Å². The molecule has 1 N–H and O–H groups in total. The average molecular weight is 318 g/mol. The highest BCUT2D eigenvalue weighted by Gasteiger charge is 2.58. The Labute approximate surface area is 136 Å². The minimum absolute atomic E-state index is 0.170. The highest BCUT2D eigenvalue weighted by Crippen LogP contribution is 2.59. The monoisotopic (exact) mass is 318 g/mol. The third-order valence-corrected chi connectivity index (χ3v) is 5.72. The van der Waals surface area contributed by atoms with Gasteiger partial charge in [-0.15, -0.1) is 0 Å². The Balaban J connectivity index is 1.44. The molecule has 0 aromatic heterocycles. The van der Waals surface area contributed by atoms with Crippen molar-refractivity contribution in [1.82, 2.24) is 10.2 Å². The zero-order valence-electron chi connectivity index (χ0n) is 13.3. The van der Waals surface area contributed by atoms with E-state index in [0.29, 0.717) is 25.3 Å². The van der Waals surface area contributed by atoms with Crippen LogP contribution in [0.25, 0.3) is 0 Å². The van der Waals surface area contributed by atoms with E-state index in [1.54, 1.807) is 12.1 Å².